The molecule has 328 valence electrons. The van der Waals surface area contributed by atoms with Crippen molar-refractivity contribution < 1.29 is 131 Å². The quantitative estimate of drug-likeness (QED) is 0.0820. The molecule has 4 aliphatic rings. The van der Waals surface area contributed by atoms with Crippen LogP contribution in [0, 0.1) is 5.41 Å². The van der Waals surface area contributed by atoms with Crippen molar-refractivity contribution in [2.24, 2.45) is 5.41 Å². The molecular formula is C29H56O26. The number of aliphatic hydroxyl groups excluding tert-OH is 20. The van der Waals surface area contributed by atoms with Gasteiger partial charge in [0.1, 0.15) is 98.2 Å². The Balaban J connectivity index is 0.000000312. The third kappa shape index (κ3) is 11.4. The fraction of sp³-hybridized carbons (Fsp3) is 1.00. The number of aliphatic hydroxyl groups is 20. The van der Waals surface area contributed by atoms with Gasteiger partial charge in [0.2, 0.25) is 5.79 Å². The molecule has 4 saturated heterocycles. The number of hydrogen-bond donors (Lipinski definition) is 20. The van der Waals surface area contributed by atoms with Crippen LogP contribution in [0.2, 0.25) is 0 Å². The van der Waals surface area contributed by atoms with Gasteiger partial charge in [-0.25, -0.2) is 0 Å². The Kier molecular flexibility index (Phi) is 20.4. The lowest BCUT2D eigenvalue weighted by Gasteiger charge is -2.45. The number of rotatable bonds is 13. The lowest BCUT2D eigenvalue weighted by atomic mass is 9.93. The molecule has 0 saturated carbocycles. The van der Waals surface area contributed by atoms with Gasteiger partial charge in [0.15, 0.2) is 18.9 Å². The van der Waals surface area contributed by atoms with Gasteiger partial charge in [-0.05, 0) is 0 Å². The minimum absolute atomic E-state index is 0.406. The van der Waals surface area contributed by atoms with E-state index < -0.39 is 181 Å². The van der Waals surface area contributed by atoms with E-state index in [4.69, 9.17) is 64.2 Å². The molecule has 0 aromatic carbocycles. The normalized spacial score (nSPS) is 44.9. The molecule has 0 aromatic heterocycles. The van der Waals surface area contributed by atoms with E-state index in [-0.39, 0.29) is 0 Å². The Morgan fingerprint density at radius 2 is 0.873 bits per heavy atom. The molecule has 19 atom stereocenters. The molecule has 0 radical (unpaired) electrons. The number of hydrogen-bond acceptors (Lipinski definition) is 26. The van der Waals surface area contributed by atoms with Crippen LogP contribution >= 0.6 is 0 Å². The summed E-state index contributed by atoms with van der Waals surface area (Å²) in [6, 6.07) is 0. The van der Waals surface area contributed by atoms with Crippen molar-refractivity contribution in [2.75, 3.05) is 59.5 Å². The van der Waals surface area contributed by atoms with Gasteiger partial charge in [-0.2, -0.15) is 0 Å². The third-order valence-electron chi connectivity index (χ3n) is 9.39. The first-order chi connectivity index (χ1) is 25.9. The SMILES string of the molecule is OCC(CO)(CO)CO.OC[C@H]1O[C@@H](O[C@H]2[C@H](O)[C@@H](O)[C@H](O)O[C@@H]2CO)[C@H](O)[C@@H](O)[C@H]1O.OC[C@H]1O[C@@](CO)(O[C@H]2O[C@H](CO)[C@@H](O)[C@H](O)[C@H]2O)[C@@H](O)[C@@H]1O. The highest BCUT2D eigenvalue weighted by Gasteiger charge is 2.58. The minimum Gasteiger partial charge on any atom is -0.396 e. The molecular weight excluding hydrogens is 764 g/mol. The summed E-state index contributed by atoms with van der Waals surface area (Å²) in [4.78, 5) is 0. The van der Waals surface area contributed by atoms with Crippen LogP contribution in [-0.4, -0.2) is 278 Å². The van der Waals surface area contributed by atoms with Crippen LogP contribution < -0.4 is 0 Å². The van der Waals surface area contributed by atoms with Crippen LogP contribution in [0.25, 0.3) is 0 Å². The second-order valence-corrected chi connectivity index (χ2v) is 13.2. The Morgan fingerprint density at radius 3 is 1.25 bits per heavy atom. The largest absolute Gasteiger partial charge is 0.396 e. The second kappa shape index (κ2) is 22.4. The van der Waals surface area contributed by atoms with Crippen LogP contribution in [0.5, 0.6) is 0 Å². The van der Waals surface area contributed by atoms with Gasteiger partial charge in [-0.3, -0.25) is 0 Å². The molecule has 26 heteroatoms. The Labute approximate surface area is 312 Å². The standard InChI is InChI=1S/2C12H22O11.C5H12O4/c13-1-4-6(16)8(18)9(19)11(21-4)23-12(3-15)10(20)7(17)5(2-14)22-12;13-1-3-5(15)6(16)9(19)12(22-3)23-10-4(2-14)21-11(20)8(18)7(10)17;6-1-5(2-7,3-8)4-9/h4-11,13-20H,1-3H2;3-20H,1-2H2;6-9H,1-4H2/t4-,5-,6-,7-,8+,9-,10+,11-,12+;3-,4-,5+,6+,7-,8-,9-,10-,11-,12+;/m11./s1. The van der Waals surface area contributed by atoms with Gasteiger partial charge >= 0.3 is 0 Å². The molecule has 0 amide bonds. The zero-order valence-corrected chi connectivity index (χ0v) is 29.2. The van der Waals surface area contributed by atoms with E-state index >= 15 is 0 Å². The van der Waals surface area contributed by atoms with E-state index in [1.807, 2.05) is 0 Å². The van der Waals surface area contributed by atoms with E-state index in [1.54, 1.807) is 0 Å². The lowest BCUT2D eigenvalue weighted by Crippen LogP contribution is -2.64. The van der Waals surface area contributed by atoms with Crippen molar-refractivity contribution in [1.29, 1.82) is 0 Å². The maximum absolute atomic E-state index is 10.00. The van der Waals surface area contributed by atoms with Crippen LogP contribution in [0.15, 0.2) is 0 Å². The monoisotopic (exact) mass is 820 g/mol. The average Bonchev–Trinajstić information content (AvgIpc) is 3.44. The molecule has 20 N–H and O–H groups in total. The fourth-order valence-electron chi connectivity index (χ4n) is 5.50. The highest BCUT2D eigenvalue weighted by molar-refractivity contribution is 4.99. The summed E-state index contributed by atoms with van der Waals surface area (Å²) in [6.45, 7) is -5.29. The van der Waals surface area contributed by atoms with Gasteiger partial charge in [0.25, 0.3) is 0 Å². The van der Waals surface area contributed by atoms with Crippen molar-refractivity contribution in [3.63, 3.8) is 0 Å². The molecule has 4 aliphatic heterocycles. The fourth-order valence-corrected chi connectivity index (χ4v) is 5.50. The maximum Gasteiger partial charge on any atom is 0.224 e. The molecule has 4 rings (SSSR count). The van der Waals surface area contributed by atoms with E-state index in [0.717, 1.165) is 0 Å². The smallest absolute Gasteiger partial charge is 0.224 e. The summed E-state index contributed by atoms with van der Waals surface area (Å²) in [6.07, 6.45) is -28.2. The maximum atomic E-state index is 10.00. The molecule has 0 bridgehead atoms. The molecule has 4 fully saturated rings. The van der Waals surface area contributed by atoms with Crippen LogP contribution in [0.3, 0.4) is 0 Å². The molecule has 26 nitrogen and oxygen atoms in total. The predicted octanol–water partition coefficient (Wildman–Crippen LogP) is -12.9. The van der Waals surface area contributed by atoms with E-state index in [0.29, 0.717) is 0 Å². The first kappa shape index (κ1) is 50.1. The summed E-state index contributed by atoms with van der Waals surface area (Å²) < 4.78 is 30.7. The molecule has 55 heavy (non-hydrogen) atoms. The topological polar surface area (TPSA) is 460 Å². The van der Waals surface area contributed by atoms with Gasteiger partial charge in [0, 0.05) is 0 Å². The second-order valence-electron chi connectivity index (χ2n) is 13.2. The molecule has 0 spiro atoms. The van der Waals surface area contributed by atoms with Crippen molar-refractivity contribution in [2.45, 2.75) is 116 Å². The van der Waals surface area contributed by atoms with Crippen molar-refractivity contribution in [3.05, 3.63) is 0 Å². The van der Waals surface area contributed by atoms with E-state index in [9.17, 15) is 66.4 Å². The van der Waals surface area contributed by atoms with Crippen molar-refractivity contribution in [3.8, 4) is 0 Å². The lowest BCUT2D eigenvalue weighted by molar-refractivity contribution is -0.383. The molecule has 0 aliphatic carbocycles. The summed E-state index contributed by atoms with van der Waals surface area (Å²) in [5.41, 5.74) is -1.11. The minimum atomic E-state index is -2.22. The van der Waals surface area contributed by atoms with E-state index in [1.165, 1.54) is 0 Å². The Morgan fingerprint density at radius 1 is 0.436 bits per heavy atom. The summed E-state index contributed by atoms with van der Waals surface area (Å²) in [5, 5.41) is 187. The first-order valence-corrected chi connectivity index (χ1v) is 16.8. The van der Waals surface area contributed by atoms with Crippen LogP contribution in [0.1, 0.15) is 0 Å². The summed E-state index contributed by atoms with van der Waals surface area (Å²) in [7, 11) is 0. The summed E-state index contributed by atoms with van der Waals surface area (Å²) >= 11 is 0. The average molecular weight is 821 g/mol. The highest BCUT2D eigenvalue weighted by atomic mass is 16.8. The van der Waals surface area contributed by atoms with Gasteiger partial charge in [0.05, 0.1) is 58.3 Å². The van der Waals surface area contributed by atoms with Crippen LogP contribution in [0.4, 0.5) is 0 Å². The Bertz CT molecular complexity index is 1050. The highest BCUT2D eigenvalue weighted by Crippen LogP contribution is 2.36. The van der Waals surface area contributed by atoms with Crippen molar-refractivity contribution >= 4 is 0 Å². The van der Waals surface area contributed by atoms with Crippen molar-refractivity contribution in [1.82, 2.24) is 0 Å². The number of ether oxygens (including phenoxy) is 6. The van der Waals surface area contributed by atoms with Gasteiger partial charge < -0.3 is 131 Å². The summed E-state index contributed by atoms with van der Waals surface area (Å²) in [5.74, 6) is -2.22. The third-order valence-corrected chi connectivity index (χ3v) is 9.39. The van der Waals surface area contributed by atoms with Gasteiger partial charge in [-0.1, -0.05) is 0 Å². The van der Waals surface area contributed by atoms with Crippen LogP contribution in [-0.2, 0) is 28.4 Å². The molecule has 4 heterocycles. The Hall–Kier alpha value is -1.04. The van der Waals surface area contributed by atoms with E-state index in [2.05, 4.69) is 0 Å². The zero-order valence-electron chi connectivity index (χ0n) is 29.2. The predicted molar refractivity (Wildman–Crippen MR) is 168 cm³/mol. The molecule has 0 aromatic rings. The zero-order chi connectivity index (χ0) is 42.0. The first-order valence-electron chi connectivity index (χ1n) is 16.8. The molecule has 0 unspecified atom stereocenters. The van der Waals surface area contributed by atoms with Gasteiger partial charge in [-0.15, -0.1) is 0 Å².